The molecule has 0 atom stereocenters. The Balaban J connectivity index is 0.000000181. The van der Waals surface area contributed by atoms with Crippen LogP contribution < -0.4 is 10.6 Å². The van der Waals surface area contributed by atoms with Crippen LogP contribution in [0.4, 0.5) is 0 Å². The maximum atomic E-state index is 11.0. The zero-order valence-corrected chi connectivity index (χ0v) is 12.6. The third-order valence-electron chi connectivity index (χ3n) is 2.79. The predicted octanol–water partition coefficient (Wildman–Crippen LogP) is 2.16. The summed E-state index contributed by atoms with van der Waals surface area (Å²) in [6.07, 6.45) is 2.97. The number of imide groups is 1. The average molecular weight is 290 g/mol. The summed E-state index contributed by atoms with van der Waals surface area (Å²) in [5, 5.41) is 4.95. The van der Waals surface area contributed by atoms with Gasteiger partial charge in [-0.15, -0.1) is 0 Å². The van der Waals surface area contributed by atoms with Crippen molar-refractivity contribution in [3.8, 4) is 0 Å². The molecule has 3 amide bonds. The lowest BCUT2D eigenvalue weighted by molar-refractivity contribution is -0.132. The molecule has 1 fully saturated rings. The first-order valence-corrected chi connectivity index (χ1v) is 7.27. The van der Waals surface area contributed by atoms with E-state index in [1.165, 1.54) is 6.42 Å². The molecule has 3 rings (SSSR count). The molecule has 1 aromatic rings. The van der Waals surface area contributed by atoms with Crippen molar-refractivity contribution in [2.45, 2.75) is 46.1 Å². The van der Waals surface area contributed by atoms with Gasteiger partial charge in [-0.1, -0.05) is 38.5 Å². The van der Waals surface area contributed by atoms with Gasteiger partial charge in [0.1, 0.15) is 0 Å². The molecule has 0 saturated carbocycles. The van der Waals surface area contributed by atoms with Crippen LogP contribution in [0.3, 0.4) is 0 Å². The Morgan fingerprint density at radius 2 is 1.57 bits per heavy atom. The van der Waals surface area contributed by atoms with E-state index < -0.39 is 0 Å². The fourth-order valence-electron chi connectivity index (χ4n) is 1.86. The van der Waals surface area contributed by atoms with Crippen molar-refractivity contribution < 1.29 is 14.4 Å². The highest BCUT2D eigenvalue weighted by Crippen LogP contribution is 2.13. The molecule has 5 nitrogen and oxygen atoms in total. The highest BCUT2D eigenvalue weighted by atomic mass is 16.2. The number of carbonyl (C=O) groups excluding carboxylic acids is 3. The molecule has 0 aromatic heterocycles. The Kier molecular flexibility index (Phi) is 7.15. The van der Waals surface area contributed by atoms with Crippen molar-refractivity contribution in [2.24, 2.45) is 0 Å². The van der Waals surface area contributed by atoms with Gasteiger partial charge in [0.15, 0.2) is 0 Å². The molecule has 5 heteroatoms. The van der Waals surface area contributed by atoms with Crippen LogP contribution in [-0.4, -0.2) is 17.7 Å². The van der Waals surface area contributed by atoms with Crippen LogP contribution in [0.1, 0.15) is 55.5 Å². The number of hydrogen-bond acceptors (Lipinski definition) is 3. The zero-order chi connectivity index (χ0) is 15.7. The second kappa shape index (κ2) is 8.89. The summed E-state index contributed by atoms with van der Waals surface area (Å²) in [7, 11) is 0. The topological polar surface area (TPSA) is 75.3 Å². The van der Waals surface area contributed by atoms with Crippen molar-refractivity contribution in [3.05, 3.63) is 35.4 Å². The van der Waals surface area contributed by atoms with E-state index in [1.807, 2.05) is 24.3 Å². The average Bonchev–Trinajstić information content (AvgIpc) is 2.82. The molecule has 2 aliphatic heterocycles. The van der Waals surface area contributed by atoms with Gasteiger partial charge in [0, 0.05) is 24.9 Å². The lowest BCUT2D eigenvalue weighted by atomic mass is 10.1. The number of benzene rings is 1. The number of nitrogens with one attached hydrogen (secondary N) is 2. The summed E-state index contributed by atoms with van der Waals surface area (Å²) in [6, 6.07) is 7.63. The molecule has 1 saturated heterocycles. The minimum Gasteiger partial charge on any atom is -0.348 e. The third-order valence-corrected chi connectivity index (χ3v) is 2.79. The lowest BCUT2D eigenvalue weighted by Gasteiger charge is -2.07. The fourth-order valence-corrected chi connectivity index (χ4v) is 1.86. The molecule has 2 aliphatic rings. The Morgan fingerprint density at radius 3 is 2.05 bits per heavy atom. The van der Waals surface area contributed by atoms with Crippen LogP contribution in [0.2, 0.25) is 0 Å². The van der Waals surface area contributed by atoms with Crippen LogP contribution in [0, 0.1) is 0 Å². The third kappa shape index (κ3) is 5.77. The smallest absolute Gasteiger partial charge is 0.251 e. The highest BCUT2D eigenvalue weighted by Gasteiger charge is 2.16. The number of piperidine rings is 1. The fraction of sp³-hybridized carbons (Fsp3) is 0.438. The number of amides is 3. The van der Waals surface area contributed by atoms with Gasteiger partial charge in [-0.25, -0.2) is 0 Å². The molecular formula is C16H22N2O3. The molecule has 1 aromatic carbocycles. The van der Waals surface area contributed by atoms with E-state index in [9.17, 15) is 14.4 Å². The highest BCUT2D eigenvalue weighted by molar-refractivity contribution is 5.98. The van der Waals surface area contributed by atoms with Gasteiger partial charge in [-0.05, 0) is 18.1 Å². The van der Waals surface area contributed by atoms with Gasteiger partial charge < -0.3 is 5.32 Å². The molecule has 2 heterocycles. The van der Waals surface area contributed by atoms with Gasteiger partial charge in [-0.3, -0.25) is 19.7 Å². The SMILES string of the molecule is CCC.O=C1CCCC(=O)N1.O=C1NCc2ccccc21. The number of carbonyl (C=O) groups is 3. The number of rotatable bonds is 0. The molecule has 0 bridgehead atoms. The standard InChI is InChI=1S/C8H7NO.C5H7NO2.C3H8/c10-8-7-4-2-1-3-6(7)5-9-8;7-4-2-1-3-5(8)6-4;1-3-2/h1-4H,5H2,(H,9,10);1-3H2,(H,6,7,8);3H2,1-2H3. The molecule has 0 unspecified atom stereocenters. The first kappa shape index (κ1) is 16.9. The second-order valence-electron chi connectivity index (χ2n) is 4.87. The van der Waals surface area contributed by atoms with Gasteiger partial charge in [0.2, 0.25) is 11.8 Å². The van der Waals surface area contributed by atoms with E-state index in [2.05, 4.69) is 24.5 Å². The van der Waals surface area contributed by atoms with Crippen LogP contribution >= 0.6 is 0 Å². The largest absolute Gasteiger partial charge is 0.348 e. The summed E-state index contributed by atoms with van der Waals surface area (Å²) in [6.45, 7) is 4.94. The molecule has 0 radical (unpaired) electrons. The number of fused-ring (bicyclic) bond motifs is 1. The summed E-state index contributed by atoms with van der Waals surface area (Å²) < 4.78 is 0. The maximum Gasteiger partial charge on any atom is 0.251 e. The van der Waals surface area contributed by atoms with E-state index in [4.69, 9.17) is 0 Å². The Labute approximate surface area is 125 Å². The second-order valence-corrected chi connectivity index (χ2v) is 4.87. The summed E-state index contributed by atoms with van der Waals surface area (Å²) in [5.74, 6) is -0.224. The monoisotopic (exact) mass is 290 g/mol. The quantitative estimate of drug-likeness (QED) is 0.719. The normalized spacial score (nSPS) is 15.6. The Bertz CT molecular complexity index is 498. The van der Waals surface area contributed by atoms with Crippen molar-refractivity contribution in [1.82, 2.24) is 10.6 Å². The van der Waals surface area contributed by atoms with Gasteiger partial charge in [0.05, 0.1) is 0 Å². The minimum absolute atomic E-state index is 0.0515. The van der Waals surface area contributed by atoms with E-state index >= 15 is 0 Å². The lowest BCUT2D eigenvalue weighted by Crippen LogP contribution is -2.33. The van der Waals surface area contributed by atoms with Crippen LogP contribution in [0.5, 0.6) is 0 Å². The number of hydrogen-bond donors (Lipinski definition) is 2. The molecule has 0 spiro atoms. The summed E-state index contributed by atoms with van der Waals surface area (Å²) >= 11 is 0. The zero-order valence-electron chi connectivity index (χ0n) is 12.6. The van der Waals surface area contributed by atoms with E-state index in [1.54, 1.807) is 0 Å². The van der Waals surface area contributed by atoms with Gasteiger partial charge in [-0.2, -0.15) is 0 Å². The molecule has 114 valence electrons. The van der Waals surface area contributed by atoms with Crippen LogP contribution in [0.25, 0.3) is 0 Å². The summed E-state index contributed by atoms with van der Waals surface area (Å²) in [4.78, 5) is 31.6. The molecular weight excluding hydrogens is 268 g/mol. The van der Waals surface area contributed by atoms with Crippen molar-refractivity contribution in [2.75, 3.05) is 0 Å². The van der Waals surface area contributed by atoms with E-state index in [-0.39, 0.29) is 17.7 Å². The Morgan fingerprint density at radius 1 is 1.00 bits per heavy atom. The van der Waals surface area contributed by atoms with Crippen LogP contribution in [0.15, 0.2) is 24.3 Å². The van der Waals surface area contributed by atoms with E-state index in [0.29, 0.717) is 25.8 Å². The molecule has 0 aliphatic carbocycles. The van der Waals surface area contributed by atoms with Crippen molar-refractivity contribution >= 4 is 17.7 Å². The maximum absolute atomic E-state index is 11.0. The van der Waals surface area contributed by atoms with Gasteiger partial charge >= 0.3 is 0 Å². The van der Waals surface area contributed by atoms with Gasteiger partial charge in [0.25, 0.3) is 5.91 Å². The first-order valence-electron chi connectivity index (χ1n) is 7.27. The van der Waals surface area contributed by atoms with E-state index in [0.717, 1.165) is 11.1 Å². The van der Waals surface area contributed by atoms with Crippen molar-refractivity contribution in [3.63, 3.8) is 0 Å². The predicted molar refractivity (Wildman–Crippen MR) is 80.6 cm³/mol. The Hall–Kier alpha value is -2.17. The van der Waals surface area contributed by atoms with Crippen molar-refractivity contribution in [1.29, 1.82) is 0 Å². The minimum atomic E-state index is -0.138. The molecule has 21 heavy (non-hydrogen) atoms. The van der Waals surface area contributed by atoms with Crippen LogP contribution in [-0.2, 0) is 16.1 Å². The summed E-state index contributed by atoms with van der Waals surface area (Å²) in [5.41, 5.74) is 1.93. The first-order chi connectivity index (χ1) is 10.1. The molecule has 2 N–H and O–H groups in total.